The third kappa shape index (κ3) is 2.86. The Bertz CT molecular complexity index is 549. The fourth-order valence-corrected chi connectivity index (χ4v) is 2.00. The van der Waals surface area contributed by atoms with Crippen LogP contribution in [0.25, 0.3) is 0 Å². The van der Waals surface area contributed by atoms with E-state index in [9.17, 15) is 0 Å². The Kier molecular flexibility index (Phi) is 4.04. The lowest BCUT2D eigenvalue weighted by Crippen LogP contribution is -2.06. The zero-order valence-corrected chi connectivity index (χ0v) is 11.8. The number of methoxy groups -OCH3 is 2. The number of hydrogen-bond donors (Lipinski definition) is 0. The standard InChI is InChI=1S/C14H19N3O2/c1-10(2)17-9-15-16-14(17)8-11-5-6-12(18-3)13(7-11)19-4/h5-7,9-10H,8H2,1-4H3. The molecular formula is C14H19N3O2. The molecule has 0 radical (unpaired) electrons. The third-order valence-electron chi connectivity index (χ3n) is 3.01. The first kappa shape index (κ1) is 13.4. The number of rotatable bonds is 5. The fraction of sp³-hybridized carbons (Fsp3) is 0.429. The van der Waals surface area contributed by atoms with Crippen LogP contribution in [-0.4, -0.2) is 29.0 Å². The molecule has 0 atom stereocenters. The highest BCUT2D eigenvalue weighted by atomic mass is 16.5. The van der Waals surface area contributed by atoms with Crippen LogP contribution in [0.4, 0.5) is 0 Å². The van der Waals surface area contributed by atoms with Gasteiger partial charge in [0, 0.05) is 12.5 Å². The molecule has 0 bridgehead atoms. The van der Waals surface area contributed by atoms with Gasteiger partial charge in [0.2, 0.25) is 0 Å². The van der Waals surface area contributed by atoms with Gasteiger partial charge >= 0.3 is 0 Å². The van der Waals surface area contributed by atoms with Gasteiger partial charge in [0.05, 0.1) is 14.2 Å². The second kappa shape index (κ2) is 5.73. The molecule has 0 saturated carbocycles. The average Bonchev–Trinajstić information content (AvgIpc) is 2.87. The molecule has 0 fully saturated rings. The molecule has 1 heterocycles. The minimum atomic E-state index is 0.352. The van der Waals surface area contributed by atoms with Gasteiger partial charge in [-0.25, -0.2) is 0 Å². The van der Waals surface area contributed by atoms with Gasteiger partial charge in [-0.3, -0.25) is 0 Å². The lowest BCUT2D eigenvalue weighted by Gasteiger charge is -2.12. The van der Waals surface area contributed by atoms with Gasteiger partial charge < -0.3 is 14.0 Å². The topological polar surface area (TPSA) is 49.2 Å². The predicted octanol–water partition coefficient (Wildman–Crippen LogP) is 2.47. The van der Waals surface area contributed by atoms with Crippen LogP contribution < -0.4 is 9.47 Å². The summed E-state index contributed by atoms with van der Waals surface area (Å²) in [6.07, 6.45) is 2.49. The van der Waals surface area contributed by atoms with Crippen molar-refractivity contribution in [2.75, 3.05) is 14.2 Å². The van der Waals surface area contributed by atoms with Gasteiger partial charge in [0.1, 0.15) is 12.2 Å². The molecule has 0 N–H and O–H groups in total. The van der Waals surface area contributed by atoms with E-state index in [-0.39, 0.29) is 0 Å². The second-order valence-corrected chi connectivity index (χ2v) is 4.61. The van der Waals surface area contributed by atoms with Gasteiger partial charge in [-0.15, -0.1) is 10.2 Å². The quantitative estimate of drug-likeness (QED) is 0.829. The van der Waals surface area contributed by atoms with E-state index in [2.05, 4.69) is 28.6 Å². The van der Waals surface area contributed by atoms with Gasteiger partial charge in [-0.2, -0.15) is 0 Å². The molecule has 2 aromatic rings. The first-order valence-electron chi connectivity index (χ1n) is 6.25. The average molecular weight is 261 g/mol. The Labute approximate surface area is 113 Å². The summed E-state index contributed by atoms with van der Waals surface area (Å²) in [5.41, 5.74) is 1.12. The molecule has 0 saturated heterocycles. The number of nitrogens with zero attached hydrogens (tertiary/aromatic N) is 3. The zero-order chi connectivity index (χ0) is 13.8. The molecule has 0 aliphatic heterocycles. The van der Waals surface area contributed by atoms with Crippen LogP contribution in [0.1, 0.15) is 31.3 Å². The van der Waals surface area contributed by atoms with Crippen molar-refractivity contribution in [1.29, 1.82) is 0 Å². The third-order valence-corrected chi connectivity index (χ3v) is 3.01. The fourth-order valence-electron chi connectivity index (χ4n) is 2.00. The van der Waals surface area contributed by atoms with Crippen molar-refractivity contribution in [3.05, 3.63) is 35.9 Å². The summed E-state index contributed by atoms with van der Waals surface area (Å²) in [5, 5.41) is 8.14. The lowest BCUT2D eigenvalue weighted by atomic mass is 10.1. The SMILES string of the molecule is COc1ccc(Cc2nncn2C(C)C)cc1OC. The molecule has 0 unspecified atom stereocenters. The molecule has 1 aromatic carbocycles. The van der Waals surface area contributed by atoms with E-state index in [0.29, 0.717) is 6.04 Å². The van der Waals surface area contributed by atoms with Crippen LogP contribution >= 0.6 is 0 Å². The minimum absolute atomic E-state index is 0.352. The van der Waals surface area contributed by atoms with Crippen molar-refractivity contribution >= 4 is 0 Å². The maximum Gasteiger partial charge on any atom is 0.161 e. The molecule has 102 valence electrons. The van der Waals surface area contributed by atoms with E-state index in [0.717, 1.165) is 29.3 Å². The Morgan fingerprint density at radius 3 is 2.53 bits per heavy atom. The summed E-state index contributed by atoms with van der Waals surface area (Å²) in [7, 11) is 3.27. The van der Waals surface area contributed by atoms with Crippen molar-refractivity contribution < 1.29 is 9.47 Å². The van der Waals surface area contributed by atoms with Crippen molar-refractivity contribution in [2.45, 2.75) is 26.3 Å². The maximum atomic E-state index is 5.31. The molecule has 1 aromatic heterocycles. The largest absolute Gasteiger partial charge is 0.493 e. The molecule has 0 spiro atoms. The Balaban J connectivity index is 2.26. The van der Waals surface area contributed by atoms with E-state index in [4.69, 9.17) is 9.47 Å². The summed E-state index contributed by atoms with van der Waals surface area (Å²) >= 11 is 0. The van der Waals surface area contributed by atoms with Crippen molar-refractivity contribution in [3.8, 4) is 11.5 Å². The predicted molar refractivity (Wildman–Crippen MR) is 72.8 cm³/mol. The maximum absolute atomic E-state index is 5.31. The van der Waals surface area contributed by atoms with Gasteiger partial charge in [0.15, 0.2) is 11.5 Å². The number of ether oxygens (including phenoxy) is 2. The summed E-state index contributed by atoms with van der Waals surface area (Å²) < 4.78 is 12.6. The Morgan fingerprint density at radius 2 is 1.89 bits per heavy atom. The van der Waals surface area contributed by atoms with Crippen LogP contribution in [0.15, 0.2) is 24.5 Å². The Hall–Kier alpha value is -2.04. The molecule has 0 aliphatic rings. The van der Waals surface area contributed by atoms with E-state index < -0.39 is 0 Å². The molecule has 0 amide bonds. The lowest BCUT2D eigenvalue weighted by molar-refractivity contribution is 0.354. The van der Waals surface area contributed by atoms with Crippen LogP contribution in [0, 0.1) is 0 Å². The number of aromatic nitrogens is 3. The summed E-state index contributed by atoms with van der Waals surface area (Å²) in [6, 6.07) is 6.24. The molecule has 5 nitrogen and oxygen atoms in total. The van der Waals surface area contributed by atoms with E-state index >= 15 is 0 Å². The molecule has 2 rings (SSSR count). The van der Waals surface area contributed by atoms with Gasteiger partial charge in [-0.05, 0) is 31.5 Å². The molecule has 0 aliphatic carbocycles. The van der Waals surface area contributed by atoms with Crippen molar-refractivity contribution in [2.24, 2.45) is 0 Å². The first-order valence-corrected chi connectivity index (χ1v) is 6.25. The highest BCUT2D eigenvalue weighted by Crippen LogP contribution is 2.28. The summed E-state index contributed by atoms with van der Waals surface area (Å²) in [4.78, 5) is 0. The van der Waals surface area contributed by atoms with Crippen LogP contribution in [0.2, 0.25) is 0 Å². The van der Waals surface area contributed by atoms with Crippen molar-refractivity contribution in [3.63, 3.8) is 0 Å². The van der Waals surface area contributed by atoms with Crippen LogP contribution in [-0.2, 0) is 6.42 Å². The van der Waals surface area contributed by atoms with Crippen LogP contribution in [0.5, 0.6) is 11.5 Å². The first-order chi connectivity index (χ1) is 9.15. The number of benzene rings is 1. The van der Waals surface area contributed by atoms with Gasteiger partial charge in [0.25, 0.3) is 0 Å². The Morgan fingerprint density at radius 1 is 1.16 bits per heavy atom. The van der Waals surface area contributed by atoms with E-state index in [1.165, 1.54) is 0 Å². The summed E-state index contributed by atoms with van der Waals surface area (Å²) in [6.45, 7) is 4.23. The second-order valence-electron chi connectivity index (χ2n) is 4.61. The van der Waals surface area contributed by atoms with Gasteiger partial charge in [-0.1, -0.05) is 6.07 Å². The van der Waals surface area contributed by atoms with Crippen LogP contribution in [0.3, 0.4) is 0 Å². The zero-order valence-electron chi connectivity index (χ0n) is 11.8. The normalized spacial score (nSPS) is 10.8. The van der Waals surface area contributed by atoms with Crippen molar-refractivity contribution in [1.82, 2.24) is 14.8 Å². The highest BCUT2D eigenvalue weighted by Gasteiger charge is 2.10. The smallest absolute Gasteiger partial charge is 0.161 e. The molecule has 5 heteroatoms. The molecule has 19 heavy (non-hydrogen) atoms. The molecular weight excluding hydrogens is 242 g/mol. The highest BCUT2D eigenvalue weighted by molar-refractivity contribution is 5.43. The van der Waals surface area contributed by atoms with E-state index in [1.807, 2.05) is 18.2 Å². The van der Waals surface area contributed by atoms with E-state index in [1.54, 1.807) is 20.5 Å². The minimum Gasteiger partial charge on any atom is -0.493 e. The summed E-state index contributed by atoms with van der Waals surface area (Å²) in [5.74, 6) is 2.41. The monoisotopic (exact) mass is 261 g/mol. The number of hydrogen-bond acceptors (Lipinski definition) is 4.